The molecule has 30 heavy (non-hydrogen) atoms. The highest BCUT2D eigenvalue weighted by molar-refractivity contribution is 7.80. The van der Waals surface area contributed by atoms with Gasteiger partial charge in [-0.15, -0.1) is 0 Å². The van der Waals surface area contributed by atoms with Gasteiger partial charge in [0.2, 0.25) is 5.95 Å². The summed E-state index contributed by atoms with van der Waals surface area (Å²) in [4.78, 5) is 9.86. The Balaban J connectivity index is 1.75. The van der Waals surface area contributed by atoms with E-state index in [0.717, 1.165) is 23.6 Å². The van der Waals surface area contributed by atoms with Crippen molar-refractivity contribution in [2.45, 2.75) is 39.9 Å². The Hall–Kier alpha value is -2.42. The second-order valence-corrected chi connectivity index (χ2v) is 8.49. The molecule has 1 aromatic heterocycles. The Morgan fingerprint density at radius 1 is 1.13 bits per heavy atom. The molecule has 3 rings (SSSR count). The van der Waals surface area contributed by atoms with E-state index in [9.17, 15) is 13.2 Å². The van der Waals surface area contributed by atoms with Crippen molar-refractivity contribution in [2.24, 2.45) is 11.8 Å². The van der Waals surface area contributed by atoms with Crippen LogP contribution >= 0.6 is 12.2 Å². The molecule has 0 amide bonds. The second-order valence-electron chi connectivity index (χ2n) is 8.08. The fourth-order valence-corrected chi connectivity index (χ4v) is 3.85. The summed E-state index contributed by atoms with van der Waals surface area (Å²) in [5.41, 5.74) is 1.17. The van der Waals surface area contributed by atoms with Gasteiger partial charge in [0.15, 0.2) is 10.8 Å². The minimum Gasteiger partial charge on any atom is -0.358 e. The average Bonchev–Trinajstić information content (AvgIpc) is 2.66. The minimum absolute atomic E-state index is 0.160. The van der Waals surface area contributed by atoms with Crippen LogP contribution in [0, 0.1) is 18.8 Å². The predicted octanol–water partition coefficient (Wildman–Crippen LogP) is 4.77. The van der Waals surface area contributed by atoms with Gasteiger partial charge in [0.25, 0.3) is 0 Å². The zero-order valence-electron chi connectivity index (χ0n) is 17.3. The van der Waals surface area contributed by atoms with Crippen molar-refractivity contribution in [3.05, 3.63) is 47.2 Å². The Labute approximate surface area is 180 Å². The van der Waals surface area contributed by atoms with Crippen LogP contribution in [0.2, 0.25) is 0 Å². The van der Waals surface area contributed by atoms with E-state index in [4.69, 9.17) is 12.2 Å². The maximum Gasteiger partial charge on any atom is 0.433 e. The van der Waals surface area contributed by atoms with Crippen LogP contribution in [-0.4, -0.2) is 28.2 Å². The number of benzene rings is 1. The Bertz CT molecular complexity index is 875. The van der Waals surface area contributed by atoms with E-state index in [0.29, 0.717) is 31.5 Å². The lowest BCUT2D eigenvalue weighted by Gasteiger charge is -2.36. The molecule has 0 saturated carbocycles. The molecule has 2 heterocycles. The summed E-state index contributed by atoms with van der Waals surface area (Å²) in [5.74, 6) is 0.866. The van der Waals surface area contributed by atoms with Crippen molar-refractivity contribution in [1.29, 1.82) is 0 Å². The number of halogens is 3. The van der Waals surface area contributed by atoms with E-state index in [1.807, 2.05) is 36.1 Å². The van der Waals surface area contributed by atoms with Crippen LogP contribution in [-0.2, 0) is 12.7 Å². The number of piperidine rings is 1. The van der Waals surface area contributed by atoms with Gasteiger partial charge in [0.05, 0.1) is 0 Å². The van der Waals surface area contributed by atoms with Crippen molar-refractivity contribution < 1.29 is 13.2 Å². The molecule has 0 radical (unpaired) electrons. The molecule has 2 N–H and O–H groups in total. The lowest BCUT2D eigenvalue weighted by atomic mass is 9.92. The average molecular weight is 438 g/mol. The number of alkyl halides is 3. The van der Waals surface area contributed by atoms with Crippen LogP contribution in [0.5, 0.6) is 0 Å². The predicted molar refractivity (Wildman–Crippen MR) is 116 cm³/mol. The van der Waals surface area contributed by atoms with E-state index in [1.54, 1.807) is 0 Å². The first-order valence-electron chi connectivity index (χ1n) is 9.92. The van der Waals surface area contributed by atoms with Gasteiger partial charge in [0, 0.05) is 25.7 Å². The SMILES string of the molecule is Cc1ccc(CNC(=S)Nc2nc(N3C[C@@H](C)C[C@H](C)C3)cc(C(F)(F)F)n2)cc1. The summed E-state index contributed by atoms with van der Waals surface area (Å²) in [6, 6.07) is 8.90. The molecule has 1 fully saturated rings. The van der Waals surface area contributed by atoms with E-state index < -0.39 is 11.9 Å². The molecule has 0 spiro atoms. The van der Waals surface area contributed by atoms with Crippen LogP contribution in [0.15, 0.2) is 30.3 Å². The van der Waals surface area contributed by atoms with Crippen LogP contribution in [0.4, 0.5) is 24.9 Å². The molecule has 1 aromatic carbocycles. The first-order valence-corrected chi connectivity index (χ1v) is 10.3. The third-order valence-electron chi connectivity index (χ3n) is 4.99. The van der Waals surface area contributed by atoms with Crippen LogP contribution in [0.3, 0.4) is 0 Å². The highest BCUT2D eigenvalue weighted by Crippen LogP contribution is 2.32. The summed E-state index contributed by atoms with van der Waals surface area (Å²) in [6.45, 7) is 7.95. The Morgan fingerprint density at radius 2 is 1.77 bits per heavy atom. The fourth-order valence-electron chi connectivity index (χ4n) is 3.68. The van der Waals surface area contributed by atoms with Crippen LogP contribution < -0.4 is 15.5 Å². The zero-order valence-corrected chi connectivity index (χ0v) is 18.1. The smallest absolute Gasteiger partial charge is 0.358 e. The molecule has 2 aromatic rings. The molecule has 1 aliphatic heterocycles. The number of nitrogens with one attached hydrogen (secondary N) is 2. The normalized spacial score (nSPS) is 19.5. The van der Waals surface area contributed by atoms with E-state index in [2.05, 4.69) is 34.4 Å². The summed E-state index contributed by atoms with van der Waals surface area (Å²) in [7, 11) is 0. The van der Waals surface area contributed by atoms with Gasteiger partial charge in [-0.1, -0.05) is 43.7 Å². The zero-order chi connectivity index (χ0) is 21.9. The lowest BCUT2D eigenvalue weighted by molar-refractivity contribution is -0.141. The third kappa shape index (κ3) is 6.04. The molecule has 5 nitrogen and oxygen atoms in total. The van der Waals surface area contributed by atoms with Crippen LogP contribution in [0.25, 0.3) is 0 Å². The molecule has 1 aliphatic rings. The monoisotopic (exact) mass is 437 g/mol. The van der Waals surface area contributed by atoms with Gasteiger partial charge in [-0.3, -0.25) is 0 Å². The van der Waals surface area contributed by atoms with Gasteiger partial charge < -0.3 is 15.5 Å². The Kier molecular flexibility index (Phi) is 6.80. The minimum atomic E-state index is -4.57. The van der Waals surface area contributed by atoms with E-state index in [1.165, 1.54) is 0 Å². The van der Waals surface area contributed by atoms with Crippen LogP contribution in [0.1, 0.15) is 37.1 Å². The molecule has 1 saturated heterocycles. The topological polar surface area (TPSA) is 53.1 Å². The maximum absolute atomic E-state index is 13.4. The third-order valence-corrected chi connectivity index (χ3v) is 5.24. The molecule has 0 aliphatic carbocycles. The quantitative estimate of drug-likeness (QED) is 0.672. The van der Waals surface area contributed by atoms with E-state index in [-0.39, 0.29) is 16.9 Å². The number of nitrogens with zero attached hydrogens (tertiary/aromatic N) is 3. The molecule has 0 bridgehead atoms. The largest absolute Gasteiger partial charge is 0.433 e. The fraction of sp³-hybridized carbons (Fsp3) is 0.476. The van der Waals surface area contributed by atoms with Crippen molar-refractivity contribution in [2.75, 3.05) is 23.3 Å². The van der Waals surface area contributed by atoms with Gasteiger partial charge in [-0.25, -0.2) is 4.98 Å². The molecular formula is C21H26F3N5S. The first kappa shape index (κ1) is 22.3. The van der Waals surface area contributed by atoms with Crippen molar-refractivity contribution in [3.8, 4) is 0 Å². The molecule has 9 heteroatoms. The molecule has 0 unspecified atom stereocenters. The lowest BCUT2D eigenvalue weighted by Crippen LogP contribution is -2.39. The van der Waals surface area contributed by atoms with Crippen molar-refractivity contribution in [3.63, 3.8) is 0 Å². The standard InChI is InChI=1S/C21H26F3N5S/c1-13-4-6-16(7-5-13)10-25-20(30)28-19-26-17(21(22,23)24)9-18(27-19)29-11-14(2)8-15(3)12-29/h4-7,9,14-15H,8,10-12H2,1-3H3,(H2,25,26,27,28,30)/t14-,15-/m0/s1. The molecule has 2 atom stereocenters. The number of aryl methyl sites for hydroxylation is 1. The summed E-state index contributed by atoms with van der Waals surface area (Å²) in [6.07, 6.45) is -3.52. The van der Waals surface area contributed by atoms with Gasteiger partial charge in [-0.05, 0) is 43.0 Å². The molecule has 162 valence electrons. The highest BCUT2D eigenvalue weighted by atomic mass is 32.1. The number of aromatic nitrogens is 2. The maximum atomic E-state index is 13.4. The van der Waals surface area contributed by atoms with Crippen molar-refractivity contribution >= 4 is 29.1 Å². The van der Waals surface area contributed by atoms with E-state index >= 15 is 0 Å². The first-order chi connectivity index (χ1) is 14.1. The number of hydrogen-bond acceptors (Lipinski definition) is 4. The number of anilines is 2. The summed E-state index contributed by atoms with van der Waals surface area (Å²) >= 11 is 5.24. The summed E-state index contributed by atoms with van der Waals surface area (Å²) in [5, 5.41) is 5.86. The second kappa shape index (κ2) is 9.16. The molecular weight excluding hydrogens is 411 g/mol. The van der Waals surface area contributed by atoms with Crippen molar-refractivity contribution in [1.82, 2.24) is 15.3 Å². The van der Waals surface area contributed by atoms with Gasteiger partial charge >= 0.3 is 6.18 Å². The summed E-state index contributed by atoms with van der Waals surface area (Å²) < 4.78 is 40.3. The van der Waals surface area contributed by atoms with Gasteiger partial charge in [-0.2, -0.15) is 18.2 Å². The Morgan fingerprint density at radius 3 is 2.37 bits per heavy atom. The van der Waals surface area contributed by atoms with Gasteiger partial charge in [0.1, 0.15) is 5.82 Å². The number of thiocarbonyl (C=S) groups is 1. The number of hydrogen-bond donors (Lipinski definition) is 2. The highest BCUT2D eigenvalue weighted by Gasteiger charge is 2.35. The number of rotatable bonds is 4.